The molecule has 18 heavy (non-hydrogen) atoms. The average Bonchev–Trinajstić information content (AvgIpc) is 2.68. The molecule has 1 heterocycles. The van der Waals surface area contributed by atoms with Crippen LogP contribution in [0.5, 0.6) is 0 Å². The van der Waals surface area contributed by atoms with Gasteiger partial charge in [-0.05, 0) is 31.0 Å². The predicted molar refractivity (Wildman–Crippen MR) is 74.9 cm³/mol. The first-order chi connectivity index (χ1) is 8.53. The van der Waals surface area contributed by atoms with Gasteiger partial charge in [0, 0.05) is 17.5 Å². The summed E-state index contributed by atoms with van der Waals surface area (Å²) in [5.74, 6) is 0.927. The fourth-order valence-corrected chi connectivity index (χ4v) is 4.82. The Hall–Kier alpha value is -0.580. The zero-order valence-electron chi connectivity index (χ0n) is 10.4. The molecular formula is C13H18ClNO2S. The summed E-state index contributed by atoms with van der Waals surface area (Å²) in [7, 11) is -0.968. The molecule has 0 amide bonds. The molecule has 1 aromatic rings. The molecule has 1 aromatic carbocycles. The molecule has 1 aliphatic rings. The van der Waals surface area contributed by atoms with Crippen LogP contribution in [0.4, 0.5) is 0 Å². The van der Waals surface area contributed by atoms with Crippen molar-refractivity contribution < 1.29 is 8.42 Å². The van der Waals surface area contributed by atoms with Gasteiger partial charge in [0.2, 0.25) is 0 Å². The van der Waals surface area contributed by atoms with Gasteiger partial charge in [-0.25, -0.2) is 8.42 Å². The summed E-state index contributed by atoms with van der Waals surface area (Å²) in [5.41, 5.74) is 1.05. The summed E-state index contributed by atoms with van der Waals surface area (Å²) >= 11 is 6.23. The molecule has 2 unspecified atom stereocenters. The van der Waals surface area contributed by atoms with E-state index >= 15 is 0 Å². The number of nitrogens with one attached hydrogen (secondary N) is 1. The molecule has 0 radical (unpaired) electrons. The van der Waals surface area contributed by atoms with Crippen molar-refractivity contribution in [2.45, 2.75) is 12.3 Å². The van der Waals surface area contributed by atoms with Gasteiger partial charge in [-0.1, -0.05) is 29.8 Å². The highest BCUT2D eigenvalue weighted by atomic mass is 35.5. The molecule has 0 aliphatic carbocycles. The van der Waals surface area contributed by atoms with Crippen LogP contribution in [0, 0.1) is 5.92 Å². The molecule has 3 nitrogen and oxygen atoms in total. The van der Waals surface area contributed by atoms with Gasteiger partial charge in [-0.15, -0.1) is 0 Å². The van der Waals surface area contributed by atoms with E-state index < -0.39 is 9.84 Å². The van der Waals surface area contributed by atoms with Crippen molar-refractivity contribution in [1.29, 1.82) is 0 Å². The van der Waals surface area contributed by atoms with Gasteiger partial charge in [0.25, 0.3) is 0 Å². The van der Waals surface area contributed by atoms with Gasteiger partial charge in [0.1, 0.15) is 0 Å². The largest absolute Gasteiger partial charge is 0.319 e. The summed E-state index contributed by atoms with van der Waals surface area (Å²) in [6.07, 6.45) is 0.736. The van der Waals surface area contributed by atoms with E-state index in [1.807, 2.05) is 31.3 Å². The van der Waals surface area contributed by atoms with E-state index in [2.05, 4.69) is 5.32 Å². The second-order valence-electron chi connectivity index (χ2n) is 4.85. The standard InChI is InChI=1S/C13H18ClNO2S/c1-15-8-12(10-6-7-18(16,17)9-10)11-4-2-3-5-13(11)14/h2-5,10,12,15H,6-9H2,1H3. The molecular weight excluding hydrogens is 270 g/mol. The number of hydrogen-bond acceptors (Lipinski definition) is 3. The van der Waals surface area contributed by atoms with Crippen molar-refractivity contribution in [1.82, 2.24) is 5.32 Å². The zero-order valence-corrected chi connectivity index (χ0v) is 12.0. The van der Waals surface area contributed by atoms with Crippen molar-refractivity contribution >= 4 is 21.4 Å². The number of benzene rings is 1. The number of hydrogen-bond donors (Lipinski definition) is 1. The maximum Gasteiger partial charge on any atom is 0.150 e. The Morgan fingerprint density at radius 1 is 1.44 bits per heavy atom. The number of sulfone groups is 1. The summed E-state index contributed by atoms with van der Waals surface area (Å²) < 4.78 is 23.2. The van der Waals surface area contributed by atoms with Gasteiger partial charge >= 0.3 is 0 Å². The van der Waals surface area contributed by atoms with Crippen LogP contribution in [0.25, 0.3) is 0 Å². The maximum atomic E-state index is 11.6. The minimum Gasteiger partial charge on any atom is -0.319 e. The highest BCUT2D eigenvalue weighted by molar-refractivity contribution is 7.91. The quantitative estimate of drug-likeness (QED) is 0.922. The van der Waals surface area contributed by atoms with Crippen molar-refractivity contribution in [3.05, 3.63) is 34.9 Å². The molecule has 0 aromatic heterocycles. The van der Waals surface area contributed by atoms with Crippen LogP contribution in [0.1, 0.15) is 17.9 Å². The minimum absolute atomic E-state index is 0.168. The van der Waals surface area contributed by atoms with Crippen LogP contribution in [-0.2, 0) is 9.84 Å². The minimum atomic E-state index is -2.85. The van der Waals surface area contributed by atoms with Crippen LogP contribution in [-0.4, -0.2) is 33.5 Å². The topological polar surface area (TPSA) is 46.2 Å². The highest BCUT2D eigenvalue weighted by Crippen LogP contribution is 2.35. The normalized spacial score (nSPS) is 24.0. The Kier molecular flexibility index (Phi) is 4.30. The average molecular weight is 288 g/mol. The van der Waals surface area contributed by atoms with E-state index in [0.717, 1.165) is 23.6 Å². The number of rotatable bonds is 4. The van der Waals surface area contributed by atoms with Crippen LogP contribution >= 0.6 is 11.6 Å². The molecule has 0 bridgehead atoms. The summed E-state index contributed by atoms with van der Waals surface area (Å²) in [4.78, 5) is 0. The van der Waals surface area contributed by atoms with E-state index in [1.165, 1.54) is 0 Å². The third kappa shape index (κ3) is 3.05. The smallest absolute Gasteiger partial charge is 0.150 e. The second-order valence-corrected chi connectivity index (χ2v) is 7.48. The van der Waals surface area contributed by atoms with E-state index in [0.29, 0.717) is 5.75 Å². The van der Waals surface area contributed by atoms with Crippen molar-refractivity contribution in [2.24, 2.45) is 5.92 Å². The first-order valence-corrected chi connectivity index (χ1v) is 8.33. The van der Waals surface area contributed by atoms with Crippen LogP contribution in [0.15, 0.2) is 24.3 Å². The summed E-state index contributed by atoms with van der Waals surface area (Å²) in [6.45, 7) is 0.754. The van der Waals surface area contributed by atoms with Crippen LogP contribution in [0.3, 0.4) is 0 Å². The van der Waals surface area contributed by atoms with Gasteiger partial charge in [0.15, 0.2) is 9.84 Å². The molecule has 100 valence electrons. The van der Waals surface area contributed by atoms with Crippen molar-refractivity contribution in [3.63, 3.8) is 0 Å². The molecule has 2 atom stereocenters. The number of likely N-dealkylation sites (N-methyl/N-ethyl adjacent to an activating group) is 1. The highest BCUT2D eigenvalue weighted by Gasteiger charge is 2.34. The second kappa shape index (κ2) is 5.59. The van der Waals surface area contributed by atoms with Gasteiger partial charge in [-0.3, -0.25) is 0 Å². The van der Waals surface area contributed by atoms with Gasteiger partial charge in [-0.2, -0.15) is 0 Å². The molecule has 5 heteroatoms. The Bertz CT molecular complexity index is 515. The molecule has 2 rings (SSSR count). The first-order valence-electron chi connectivity index (χ1n) is 6.13. The van der Waals surface area contributed by atoms with Crippen LogP contribution in [0.2, 0.25) is 5.02 Å². The van der Waals surface area contributed by atoms with Crippen molar-refractivity contribution in [2.75, 3.05) is 25.1 Å². The monoisotopic (exact) mass is 287 g/mol. The van der Waals surface area contributed by atoms with E-state index in [1.54, 1.807) is 0 Å². The third-order valence-electron chi connectivity index (χ3n) is 3.57. The zero-order chi connectivity index (χ0) is 13.2. The summed E-state index contributed by atoms with van der Waals surface area (Å²) in [5, 5.41) is 3.87. The van der Waals surface area contributed by atoms with Gasteiger partial charge in [0.05, 0.1) is 11.5 Å². The molecule has 1 N–H and O–H groups in total. The molecule has 1 saturated heterocycles. The Balaban J connectivity index is 2.27. The SMILES string of the molecule is CNCC(c1ccccc1Cl)C1CCS(=O)(=O)C1. The lowest BCUT2D eigenvalue weighted by molar-refractivity contribution is 0.451. The Labute approximate surface area is 113 Å². The maximum absolute atomic E-state index is 11.6. The van der Waals surface area contributed by atoms with Gasteiger partial charge < -0.3 is 5.32 Å². The first kappa shape index (κ1) is 13.8. The van der Waals surface area contributed by atoms with E-state index in [-0.39, 0.29) is 17.6 Å². The Morgan fingerprint density at radius 3 is 2.72 bits per heavy atom. The fraction of sp³-hybridized carbons (Fsp3) is 0.538. The van der Waals surface area contributed by atoms with Crippen molar-refractivity contribution in [3.8, 4) is 0 Å². The molecule has 0 spiro atoms. The molecule has 1 fully saturated rings. The summed E-state index contributed by atoms with van der Waals surface area (Å²) in [6, 6.07) is 7.71. The Morgan fingerprint density at radius 2 is 2.17 bits per heavy atom. The number of halogens is 1. The third-order valence-corrected chi connectivity index (χ3v) is 5.70. The lowest BCUT2D eigenvalue weighted by Crippen LogP contribution is -2.25. The van der Waals surface area contributed by atoms with Crippen LogP contribution < -0.4 is 5.32 Å². The predicted octanol–water partition coefficient (Wildman–Crippen LogP) is 2.08. The fourth-order valence-electron chi connectivity index (χ4n) is 2.67. The van der Waals surface area contributed by atoms with E-state index in [9.17, 15) is 8.42 Å². The lowest BCUT2D eigenvalue weighted by atomic mass is 9.85. The molecule has 0 saturated carbocycles. The lowest BCUT2D eigenvalue weighted by Gasteiger charge is -2.23. The molecule has 1 aliphatic heterocycles. The van der Waals surface area contributed by atoms with E-state index in [4.69, 9.17) is 11.6 Å².